The number of aliphatic hydroxyl groups is 1. The summed E-state index contributed by atoms with van der Waals surface area (Å²) in [5.41, 5.74) is 0.206. The molecule has 0 aromatic heterocycles. The SMILES string of the molecule is O=C(C(=O)C(O)c1ccc(F)cc1)c1ccc(O)cc1. The molecule has 0 bridgehead atoms. The highest BCUT2D eigenvalue weighted by Gasteiger charge is 2.25. The first-order valence-corrected chi connectivity index (χ1v) is 5.80. The molecule has 2 rings (SSSR count). The maximum atomic E-state index is 12.8. The Labute approximate surface area is 114 Å². The molecule has 2 N–H and O–H groups in total. The monoisotopic (exact) mass is 274 g/mol. The molecule has 0 fully saturated rings. The first-order valence-electron chi connectivity index (χ1n) is 5.80. The smallest absolute Gasteiger partial charge is 0.236 e. The third-order valence-corrected chi connectivity index (χ3v) is 2.79. The summed E-state index contributed by atoms with van der Waals surface area (Å²) in [5.74, 6) is -2.42. The zero-order chi connectivity index (χ0) is 14.7. The lowest BCUT2D eigenvalue weighted by atomic mass is 9.99. The number of ketones is 2. The van der Waals surface area contributed by atoms with Gasteiger partial charge in [-0.2, -0.15) is 0 Å². The molecule has 0 saturated carbocycles. The molecule has 0 aliphatic heterocycles. The van der Waals surface area contributed by atoms with Crippen molar-refractivity contribution < 1.29 is 24.2 Å². The number of Topliss-reactive ketones (excluding diaryl/α,β-unsaturated/α-hetero) is 2. The fourth-order valence-corrected chi connectivity index (χ4v) is 1.68. The van der Waals surface area contributed by atoms with Gasteiger partial charge >= 0.3 is 0 Å². The molecule has 0 aliphatic rings. The van der Waals surface area contributed by atoms with Crippen LogP contribution >= 0.6 is 0 Å². The lowest BCUT2D eigenvalue weighted by Crippen LogP contribution is -2.22. The number of benzene rings is 2. The maximum Gasteiger partial charge on any atom is 0.236 e. The Bertz CT molecular complexity index is 632. The lowest BCUT2D eigenvalue weighted by Gasteiger charge is -2.09. The zero-order valence-corrected chi connectivity index (χ0v) is 10.3. The van der Waals surface area contributed by atoms with Crippen molar-refractivity contribution in [2.24, 2.45) is 0 Å². The molecule has 1 unspecified atom stereocenters. The van der Waals surface area contributed by atoms with Crippen molar-refractivity contribution in [3.63, 3.8) is 0 Å². The minimum atomic E-state index is -1.64. The van der Waals surface area contributed by atoms with Crippen molar-refractivity contribution in [2.75, 3.05) is 0 Å². The fraction of sp³-hybridized carbons (Fsp3) is 0.0667. The standard InChI is InChI=1S/C15H11FO4/c16-11-5-1-9(2-6-11)13(18)15(20)14(19)10-3-7-12(17)8-4-10/h1-8,13,17-18H. The van der Waals surface area contributed by atoms with Gasteiger partial charge in [-0.05, 0) is 42.0 Å². The average molecular weight is 274 g/mol. The van der Waals surface area contributed by atoms with Gasteiger partial charge in [-0.25, -0.2) is 4.39 Å². The van der Waals surface area contributed by atoms with E-state index in [1.54, 1.807) is 0 Å². The van der Waals surface area contributed by atoms with E-state index < -0.39 is 23.5 Å². The predicted octanol–water partition coefficient (Wildman–Crippen LogP) is 2.02. The summed E-state index contributed by atoms with van der Waals surface area (Å²) in [6, 6.07) is 9.77. The normalized spacial score (nSPS) is 11.9. The van der Waals surface area contributed by atoms with E-state index in [0.717, 1.165) is 12.1 Å². The van der Waals surface area contributed by atoms with Gasteiger partial charge in [0.05, 0.1) is 0 Å². The largest absolute Gasteiger partial charge is 0.508 e. The van der Waals surface area contributed by atoms with Gasteiger partial charge in [0.25, 0.3) is 0 Å². The summed E-state index contributed by atoms with van der Waals surface area (Å²) >= 11 is 0. The van der Waals surface area contributed by atoms with Gasteiger partial charge in [-0.1, -0.05) is 12.1 Å². The zero-order valence-electron chi connectivity index (χ0n) is 10.3. The van der Waals surface area contributed by atoms with Crippen LogP contribution in [0.25, 0.3) is 0 Å². The van der Waals surface area contributed by atoms with Crippen molar-refractivity contribution >= 4 is 11.6 Å². The minimum Gasteiger partial charge on any atom is -0.508 e. The fourth-order valence-electron chi connectivity index (χ4n) is 1.68. The van der Waals surface area contributed by atoms with Crippen LogP contribution in [0.5, 0.6) is 5.75 Å². The number of phenolic OH excluding ortho intramolecular Hbond substituents is 1. The molecular formula is C15H11FO4. The number of rotatable bonds is 4. The van der Waals surface area contributed by atoms with Crippen LogP contribution in [0.1, 0.15) is 22.0 Å². The number of phenols is 1. The lowest BCUT2D eigenvalue weighted by molar-refractivity contribution is -0.122. The van der Waals surface area contributed by atoms with Crippen molar-refractivity contribution in [3.8, 4) is 5.75 Å². The summed E-state index contributed by atoms with van der Waals surface area (Å²) in [5, 5.41) is 18.9. The number of halogens is 1. The third kappa shape index (κ3) is 2.89. The summed E-state index contributed by atoms with van der Waals surface area (Å²) in [6.45, 7) is 0. The Morgan fingerprint density at radius 3 is 2.05 bits per heavy atom. The van der Waals surface area contributed by atoms with Crippen LogP contribution in [0, 0.1) is 5.82 Å². The van der Waals surface area contributed by atoms with E-state index in [2.05, 4.69) is 0 Å². The van der Waals surface area contributed by atoms with Crippen molar-refractivity contribution in [1.29, 1.82) is 0 Å². The highest BCUT2D eigenvalue weighted by Crippen LogP contribution is 2.18. The number of aromatic hydroxyl groups is 1. The van der Waals surface area contributed by atoms with E-state index >= 15 is 0 Å². The van der Waals surface area contributed by atoms with E-state index in [4.69, 9.17) is 5.11 Å². The quantitative estimate of drug-likeness (QED) is 0.660. The number of aliphatic hydroxyl groups excluding tert-OH is 1. The molecule has 4 nitrogen and oxygen atoms in total. The summed E-state index contributed by atoms with van der Waals surface area (Å²) in [7, 11) is 0. The molecular weight excluding hydrogens is 263 g/mol. The van der Waals surface area contributed by atoms with E-state index in [9.17, 15) is 19.1 Å². The minimum absolute atomic E-state index is 0.0342. The van der Waals surface area contributed by atoms with Gasteiger partial charge in [0, 0.05) is 5.56 Å². The van der Waals surface area contributed by atoms with E-state index in [1.165, 1.54) is 36.4 Å². The molecule has 0 saturated heterocycles. The number of carbonyl (C=O) groups excluding carboxylic acids is 2. The van der Waals surface area contributed by atoms with Crippen molar-refractivity contribution in [3.05, 3.63) is 65.5 Å². The predicted molar refractivity (Wildman–Crippen MR) is 68.8 cm³/mol. The number of carbonyl (C=O) groups is 2. The van der Waals surface area contributed by atoms with Crippen LogP contribution in [0.2, 0.25) is 0 Å². The molecule has 20 heavy (non-hydrogen) atoms. The Balaban J connectivity index is 2.20. The molecule has 0 heterocycles. The van der Waals surface area contributed by atoms with Crippen molar-refractivity contribution in [2.45, 2.75) is 6.10 Å². The highest BCUT2D eigenvalue weighted by atomic mass is 19.1. The average Bonchev–Trinajstić information content (AvgIpc) is 2.46. The summed E-state index contributed by atoms with van der Waals surface area (Å²) in [4.78, 5) is 23.7. The summed E-state index contributed by atoms with van der Waals surface area (Å²) in [6.07, 6.45) is -1.64. The Morgan fingerprint density at radius 1 is 0.950 bits per heavy atom. The van der Waals surface area contributed by atoms with Crippen LogP contribution in [-0.2, 0) is 4.79 Å². The van der Waals surface area contributed by atoms with Gasteiger partial charge in [-0.15, -0.1) is 0 Å². The highest BCUT2D eigenvalue weighted by molar-refractivity contribution is 6.45. The topological polar surface area (TPSA) is 74.6 Å². The molecule has 0 spiro atoms. The molecule has 1 atom stereocenters. The first kappa shape index (κ1) is 13.9. The Morgan fingerprint density at radius 2 is 1.50 bits per heavy atom. The molecule has 5 heteroatoms. The van der Waals surface area contributed by atoms with Crippen LogP contribution in [0.3, 0.4) is 0 Å². The molecule has 0 aliphatic carbocycles. The van der Waals surface area contributed by atoms with Gasteiger partial charge in [0.15, 0.2) is 0 Å². The van der Waals surface area contributed by atoms with E-state index in [1.807, 2.05) is 0 Å². The molecule has 0 radical (unpaired) electrons. The van der Waals surface area contributed by atoms with Gasteiger partial charge in [0.1, 0.15) is 17.7 Å². The third-order valence-electron chi connectivity index (χ3n) is 2.79. The second kappa shape index (κ2) is 5.63. The Hall–Kier alpha value is -2.53. The second-order valence-electron chi connectivity index (χ2n) is 4.19. The number of hydrogen-bond acceptors (Lipinski definition) is 4. The van der Waals surface area contributed by atoms with Crippen LogP contribution in [0.4, 0.5) is 4.39 Å². The van der Waals surface area contributed by atoms with E-state index in [0.29, 0.717) is 0 Å². The van der Waals surface area contributed by atoms with Crippen LogP contribution in [0.15, 0.2) is 48.5 Å². The van der Waals surface area contributed by atoms with Crippen molar-refractivity contribution in [1.82, 2.24) is 0 Å². The maximum absolute atomic E-state index is 12.8. The number of hydrogen-bond donors (Lipinski definition) is 2. The van der Waals surface area contributed by atoms with Gasteiger partial charge in [0.2, 0.25) is 11.6 Å². The van der Waals surface area contributed by atoms with E-state index in [-0.39, 0.29) is 16.9 Å². The molecule has 102 valence electrons. The van der Waals surface area contributed by atoms with Crippen LogP contribution < -0.4 is 0 Å². The summed E-state index contributed by atoms with van der Waals surface area (Å²) < 4.78 is 12.8. The Kier molecular flexibility index (Phi) is 3.91. The second-order valence-corrected chi connectivity index (χ2v) is 4.19. The van der Waals surface area contributed by atoms with Crippen LogP contribution in [-0.4, -0.2) is 21.8 Å². The molecule has 2 aromatic carbocycles. The first-order chi connectivity index (χ1) is 9.49. The van der Waals surface area contributed by atoms with Gasteiger partial charge in [-0.3, -0.25) is 9.59 Å². The van der Waals surface area contributed by atoms with Gasteiger partial charge < -0.3 is 10.2 Å². The molecule has 2 aromatic rings. The molecule has 0 amide bonds.